The highest BCUT2D eigenvalue weighted by atomic mass is 19.1. The van der Waals surface area contributed by atoms with E-state index < -0.39 is 0 Å². The number of hydrogen-bond acceptors (Lipinski definition) is 2. The molecule has 0 saturated carbocycles. The fourth-order valence-electron chi connectivity index (χ4n) is 3.60. The summed E-state index contributed by atoms with van der Waals surface area (Å²) >= 11 is 0. The van der Waals surface area contributed by atoms with Crippen molar-refractivity contribution in [2.75, 3.05) is 0 Å². The Labute approximate surface area is 135 Å². The van der Waals surface area contributed by atoms with Gasteiger partial charge in [-0.25, -0.2) is 4.39 Å². The smallest absolute Gasteiger partial charge is 0.227 e. The number of aryl methyl sites for hydroxylation is 2. The molecule has 0 bridgehead atoms. The maximum absolute atomic E-state index is 13.8. The molecule has 4 nitrogen and oxygen atoms in total. The van der Waals surface area contributed by atoms with Crippen LogP contribution in [0.2, 0.25) is 0 Å². The van der Waals surface area contributed by atoms with Crippen molar-refractivity contribution < 1.29 is 9.18 Å². The normalized spacial score (nSPS) is 17.9. The first-order chi connectivity index (χ1) is 10.9. The number of fused-ring (bicyclic) bond motifs is 1. The summed E-state index contributed by atoms with van der Waals surface area (Å²) in [7, 11) is 1.88. The van der Waals surface area contributed by atoms with E-state index in [2.05, 4.69) is 10.4 Å². The molecule has 0 saturated heterocycles. The van der Waals surface area contributed by atoms with Crippen LogP contribution in [0.1, 0.15) is 53.4 Å². The Hall–Kier alpha value is -2.17. The molecule has 0 radical (unpaired) electrons. The number of carbonyl (C=O) groups excluding carboxylic acids is 1. The van der Waals surface area contributed by atoms with Crippen molar-refractivity contribution in [2.24, 2.45) is 7.05 Å². The summed E-state index contributed by atoms with van der Waals surface area (Å²) in [5, 5.41) is 7.46. The molecule has 0 aliphatic heterocycles. The number of nitrogens with one attached hydrogen (secondary N) is 1. The number of hydrogen-bond donors (Lipinski definition) is 1. The minimum absolute atomic E-state index is 0.0358. The van der Waals surface area contributed by atoms with Gasteiger partial charge in [0.2, 0.25) is 5.91 Å². The van der Waals surface area contributed by atoms with E-state index >= 15 is 0 Å². The van der Waals surface area contributed by atoms with E-state index in [1.165, 1.54) is 6.07 Å². The number of halogens is 1. The second-order valence-electron chi connectivity index (χ2n) is 6.34. The highest BCUT2D eigenvalue weighted by Gasteiger charge is 2.29. The number of carbonyl (C=O) groups is 1. The highest BCUT2D eigenvalue weighted by molar-refractivity contribution is 5.84. The lowest BCUT2D eigenvalue weighted by molar-refractivity contribution is -0.123. The summed E-state index contributed by atoms with van der Waals surface area (Å²) in [5.74, 6) is -0.487. The van der Waals surface area contributed by atoms with Gasteiger partial charge < -0.3 is 5.32 Å². The molecule has 1 N–H and O–H groups in total. The van der Waals surface area contributed by atoms with Gasteiger partial charge in [-0.2, -0.15) is 5.10 Å². The van der Waals surface area contributed by atoms with Gasteiger partial charge in [0.05, 0.1) is 17.7 Å². The van der Waals surface area contributed by atoms with E-state index in [0.29, 0.717) is 6.42 Å². The third-order valence-corrected chi connectivity index (χ3v) is 4.92. The number of nitrogens with zero attached hydrogens (tertiary/aromatic N) is 2. The van der Waals surface area contributed by atoms with E-state index in [1.807, 2.05) is 33.9 Å². The van der Waals surface area contributed by atoms with Crippen LogP contribution in [0.25, 0.3) is 0 Å². The van der Waals surface area contributed by atoms with Gasteiger partial charge >= 0.3 is 0 Å². The van der Waals surface area contributed by atoms with Crippen LogP contribution in [0.15, 0.2) is 18.2 Å². The van der Waals surface area contributed by atoms with Crippen LogP contribution < -0.4 is 5.32 Å². The standard InChI is InChI=1S/C18H22FN3O/c1-10(17-11(2)21-22(4)12(17)3)18(23)20-16-9-8-13-14(16)6-5-7-15(13)19/h5-7,10,16H,8-9H2,1-4H3,(H,20,23)/t10-,16+/m0/s1. The fourth-order valence-corrected chi connectivity index (χ4v) is 3.60. The molecule has 5 heteroatoms. The van der Waals surface area contributed by atoms with Crippen LogP contribution in [0, 0.1) is 19.7 Å². The molecule has 122 valence electrons. The first kappa shape index (κ1) is 15.7. The minimum Gasteiger partial charge on any atom is -0.349 e. The Balaban J connectivity index is 1.80. The van der Waals surface area contributed by atoms with Gasteiger partial charge in [-0.1, -0.05) is 12.1 Å². The Morgan fingerprint density at radius 1 is 1.43 bits per heavy atom. The number of benzene rings is 1. The van der Waals surface area contributed by atoms with Crippen LogP contribution in [-0.4, -0.2) is 15.7 Å². The van der Waals surface area contributed by atoms with Crippen molar-refractivity contribution in [3.63, 3.8) is 0 Å². The second-order valence-corrected chi connectivity index (χ2v) is 6.34. The van der Waals surface area contributed by atoms with Gasteiger partial charge in [-0.15, -0.1) is 0 Å². The predicted molar refractivity (Wildman–Crippen MR) is 86.7 cm³/mol. The summed E-state index contributed by atoms with van der Waals surface area (Å²) in [6, 6.07) is 4.99. The zero-order chi connectivity index (χ0) is 16.7. The molecule has 0 fully saturated rings. The molecule has 1 aliphatic carbocycles. The molecule has 1 aromatic heterocycles. The van der Waals surface area contributed by atoms with Crippen molar-refractivity contribution in [3.05, 3.63) is 52.1 Å². The van der Waals surface area contributed by atoms with E-state index in [4.69, 9.17) is 0 Å². The monoisotopic (exact) mass is 315 g/mol. The molecular formula is C18H22FN3O. The molecule has 1 heterocycles. The summed E-state index contributed by atoms with van der Waals surface area (Å²) in [6.45, 7) is 5.79. The van der Waals surface area contributed by atoms with Gasteiger partial charge in [-0.05, 0) is 50.8 Å². The summed E-state index contributed by atoms with van der Waals surface area (Å²) in [6.07, 6.45) is 1.42. The summed E-state index contributed by atoms with van der Waals surface area (Å²) in [5.41, 5.74) is 4.50. The Morgan fingerprint density at radius 3 is 2.83 bits per heavy atom. The zero-order valence-electron chi connectivity index (χ0n) is 14.0. The van der Waals surface area contributed by atoms with Crippen LogP contribution >= 0.6 is 0 Å². The molecule has 0 unspecified atom stereocenters. The highest BCUT2D eigenvalue weighted by Crippen LogP contribution is 2.33. The van der Waals surface area contributed by atoms with Crippen molar-refractivity contribution in [2.45, 2.75) is 45.6 Å². The average Bonchev–Trinajstić information content (AvgIpc) is 3.01. The molecule has 1 aliphatic rings. The Morgan fingerprint density at radius 2 is 2.17 bits per heavy atom. The maximum atomic E-state index is 13.8. The van der Waals surface area contributed by atoms with Crippen molar-refractivity contribution >= 4 is 5.91 Å². The third-order valence-electron chi connectivity index (χ3n) is 4.92. The summed E-state index contributed by atoms with van der Waals surface area (Å²) in [4.78, 5) is 12.7. The maximum Gasteiger partial charge on any atom is 0.227 e. The molecule has 2 aromatic rings. The van der Waals surface area contributed by atoms with Gasteiger partial charge in [0.15, 0.2) is 0 Å². The quantitative estimate of drug-likeness (QED) is 0.946. The SMILES string of the molecule is Cc1nn(C)c(C)c1[C@H](C)C(=O)N[C@@H]1CCc2c(F)cccc21. The average molecular weight is 315 g/mol. The zero-order valence-corrected chi connectivity index (χ0v) is 14.0. The number of amides is 1. The first-order valence-electron chi connectivity index (χ1n) is 7.98. The third kappa shape index (κ3) is 2.64. The molecule has 23 heavy (non-hydrogen) atoms. The predicted octanol–water partition coefficient (Wildman–Crippen LogP) is 3.08. The van der Waals surface area contributed by atoms with Crippen LogP contribution in [0.3, 0.4) is 0 Å². The number of rotatable bonds is 3. The van der Waals surface area contributed by atoms with Gasteiger partial charge in [-0.3, -0.25) is 9.48 Å². The van der Waals surface area contributed by atoms with Crippen molar-refractivity contribution in [3.8, 4) is 0 Å². The van der Waals surface area contributed by atoms with Crippen LogP contribution in [0.5, 0.6) is 0 Å². The molecular weight excluding hydrogens is 293 g/mol. The molecule has 1 aromatic carbocycles. The van der Waals surface area contributed by atoms with E-state index in [1.54, 1.807) is 10.7 Å². The van der Waals surface area contributed by atoms with E-state index in [0.717, 1.165) is 34.5 Å². The first-order valence-corrected chi connectivity index (χ1v) is 7.98. The molecule has 2 atom stereocenters. The summed E-state index contributed by atoms with van der Waals surface area (Å²) < 4.78 is 15.6. The fraction of sp³-hybridized carbons (Fsp3) is 0.444. The largest absolute Gasteiger partial charge is 0.349 e. The molecule has 3 rings (SSSR count). The molecule has 0 spiro atoms. The Bertz CT molecular complexity index is 766. The lowest BCUT2D eigenvalue weighted by Gasteiger charge is -2.18. The van der Waals surface area contributed by atoms with Crippen LogP contribution in [0.4, 0.5) is 4.39 Å². The second kappa shape index (κ2) is 5.80. The topological polar surface area (TPSA) is 46.9 Å². The van der Waals surface area contributed by atoms with Gasteiger partial charge in [0, 0.05) is 18.3 Å². The van der Waals surface area contributed by atoms with Gasteiger partial charge in [0.1, 0.15) is 5.82 Å². The van der Waals surface area contributed by atoms with Crippen molar-refractivity contribution in [1.82, 2.24) is 15.1 Å². The van der Waals surface area contributed by atoms with E-state index in [9.17, 15) is 9.18 Å². The lowest BCUT2D eigenvalue weighted by atomic mass is 9.97. The lowest BCUT2D eigenvalue weighted by Crippen LogP contribution is -2.31. The Kier molecular flexibility index (Phi) is 3.96. The molecule has 1 amide bonds. The van der Waals surface area contributed by atoms with Gasteiger partial charge in [0.25, 0.3) is 0 Å². The van der Waals surface area contributed by atoms with Crippen LogP contribution in [-0.2, 0) is 18.3 Å². The van der Waals surface area contributed by atoms with E-state index in [-0.39, 0.29) is 23.7 Å². The van der Waals surface area contributed by atoms with Crippen molar-refractivity contribution in [1.29, 1.82) is 0 Å². The minimum atomic E-state index is -0.277. The number of aromatic nitrogens is 2.